The highest BCUT2D eigenvalue weighted by Crippen LogP contribution is 2.12. The van der Waals surface area contributed by atoms with Gasteiger partial charge in [-0.1, -0.05) is 6.92 Å². The molecule has 1 saturated heterocycles. The van der Waals surface area contributed by atoms with Gasteiger partial charge in [0, 0.05) is 19.6 Å². The van der Waals surface area contributed by atoms with Gasteiger partial charge in [0.1, 0.15) is 0 Å². The lowest BCUT2D eigenvalue weighted by Gasteiger charge is -2.30. The van der Waals surface area contributed by atoms with Crippen LogP contribution in [0.4, 0.5) is 0 Å². The van der Waals surface area contributed by atoms with E-state index in [1.165, 1.54) is 7.11 Å². The molecule has 0 spiro atoms. The lowest BCUT2D eigenvalue weighted by molar-refractivity contribution is -0.145. The molecule has 0 saturated carbocycles. The van der Waals surface area contributed by atoms with Crippen LogP contribution in [0.1, 0.15) is 19.8 Å². The summed E-state index contributed by atoms with van der Waals surface area (Å²) in [5.41, 5.74) is 0. The average molecular weight is 201 g/mol. The van der Waals surface area contributed by atoms with Crippen molar-refractivity contribution in [2.24, 2.45) is 5.92 Å². The van der Waals surface area contributed by atoms with Gasteiger partial charge in [0.25, 0.3) is 0 Å². The maximum atomic E-state index is 11.2. The van der Waals surface area contributed by atoms with Crippen LogP contribution < -0.4 is 0 Å². The average Bonchev–Trinajstić information content (AvgIpc) is 2.20. The van der Waals surface area contributed by atoms with Crippen LogP contribution in [0, 0.1) is 5.92 Å². The molecule has 82 valence electrons. The van der Waals surface area contributed by atoms with Crippen molar-refractivity contribution in [1.82, 2.24) is 4.90 Å². The number of esters is 1. The van der Waals surface area contributed by atoms with E-state index >= 15 is 0 Å². The molecule has 1 aliphatic heterocycles. The first kappa shape index (κ1) is 11.5. The standard InChI is InChI=1S/C10H19NO3/c1-8(10(13)14-2)7-11-5-3-9(12)4-6-11/h8-9,12H,3-7H2,1-2H3. The zero-order chi connectivity index (χ0) is 10.6. The van der Waals surface area contributed by atoms with Crippen molar-refractivity contribution in [3.63, 3.8) is 0 Å². The summed E-state index contributed by atoms with van der Waals surface area (Å²) in [4.78, 5) is 13.4. The summed E-state index contributed by atoms with van der Waals surface area (Å²) < 4.78 is 4.66. The first-order valence-corrected chi connectivity index (χ1v) is 5.11. The predicted molar refractivity (Wildman–Crippen MR) is 52.9 cm³/mol. The fourth-order valence-corrected chi connectivity index (χ4v) is 1.76. The van der Waals surface area contributed by atoms with E-state index < -0.39 is 0 Å². The summed E-state index contributed by atoms with van der Waals surface area (Å²) in [6, 6.07) is 0. The van der Waals surface area contributed by atoms with E-state index in [1.807, 2.05) is 6.92 Å². The highest BCUT2D eigenvalue weighted by molar-refractivity contribution is 5.72. The largest absolute Gasteiger partial charge is 0.469 e. The fourth-order valence-electron chi connectivity index (χ4n) is 1.76. The van der Waals surface area contributed by atoms with E-state index in [9.17, 15) is 9.90 Å². The summed E-state index contributed by atoms with van der Waals surface area (Å²) in [7, 11) is 1.42. The molecule has 0 amide bonds. The molecule has 1 fully saturated rings. The number of hydrogen-bond acceptors (Lipinski definition) is 4. The zero-order valence-electron chi connectivity index (χ0n) is 8.90. The van der Waals surface area contributed by atoms with Crippen LogP contribution in [0.5, 0.6) is 0 Å². The minimum absolute atomic E-state index is 0.0738. The number of aliphatic hydroxyl groups excluding tert-OH is 1. The van der Waals surface area contributed by atoms with E-state index in [4.69, 9.17) is 0 Å². The Morgan fingerprint density at radius 2 is 2.14 bits per heavy atom. The van der Waals surface area contributed by atoms with E-state index in [0.29, 0.717) is 0 Å². The van der Waals surface area contributed by atoms with Gasteiger partial charge < -0.3 is 14.7 Å². The molecule has 1 unspecified atom stereocenters. The van der Waals surface area contributed by atoms with Gasteiger partial charge in [0.15, 0.2) is 0 Å². The first-order chi connectivity index (χ1) is 6.63. The molecule has 4 nitrogen and oxygen atoms in total. The van der Waals surface area contributed by atoms with E-state index in [0.717, 1.165) is 32.5 Å². The minimum Gasteiger partial charge on any atom is -0.469 e. The second kappa shape index (κ2) is 5.32. The quantitative estimate of drug-likeness (QED) is 0.665. The van der Waals surface area contributed by atoms with Gasteiger partial charge in [0.2, 0.25) is 0 Å². The lowest BCUT2D eigenvalue weighted by atomic mass is 10.1. The molecular weight excluding hydrogens is 182 g/mol. The van der Waals surface area contributed by atoms with Gasteiger partial charge in [-0.05, 0) is 12.8 Å². The molecule has 0 aromatic carbocycles. The number of rotatable bonds is 3. The van der Waals surface area contributed by atoms with Crippen LogP contribution in [0.2, 0.25) is 0 Å². The highest BCUT2D eigenvalue weighted by Gasteiger charge is 2.21. The Morgan fingerprint density at radius 1 is 1.57 bits per heavy atom. The van der Waals surface area contributed by atoms with Crippen molar-refractivity contribution in [3.8, 4) is 0 Å². The molecule has 1 N–H and O–H groups in total. The number of nitrogens with zero attached hydrogens (tertiary/aromatic N) is 1. The Balaban J connectivity index is 2.27. The summed E-state index contributed by atoms with van der Waals surface area (Å²) in [5.74, 6) is -0.230. The molecule has 1 aliphatic rings. The molecule has 0 aromatic rings. The molecule has 14 heavy (non-hydrogen) atoms. The van der Waals surface area contributed by atoms with Gasteiger partial charge in [-0.25, -0.2) is 0 Å². The van der Waals surface area contributed by atoms with Gasteiger partial charge in [-0.2, -0.15) is 0 Å². The fraction of sp³-hybridized carbons (Fsp3) is 0.900. The second-order valence-corrected chi connectivity index (χ2v) is 3.96. The van der Waals surface area contributed by atoms with Crippen LogP contribution in [0.25, 0.3) is 0 Å². The lowest BCUT2D eigenvalue weighted by Crippen LogP contribution is -2.39. The Hall–Kier alpha value is -0.610. The molecule has 0 aliphatic carbocycles. The van der Waals surface area contributed by atoms with Gasteiger partial charge in [0.05, 0.1) is 19.1 Å². The molecule has 0 bridgehead atoms. The number of aliphatic hydroxyl groups is 1. The summed E-state index contributed by atoms with van der Waals surface area (Å²) in [5, 5.41) is 9.30. The number of carbonyl (C=O) groups excluding carboxylic acids is 1. The van der Waals surface area contributed by atoms with Crippen molar-refractivity contribution >= 4 is 5.97 Å². The third kappa shape index (κ3) is 3.27. The third-order valence-electron chi connectivity index (χ3n) is 2.69. The number of ether oxygens (including phenoxy) is 1. The third-order valence-corrected chi connectivity index (χ3v) is 2.69. The number of carbonyl (C=O) groups is 1. The van der Waals surface area contributed by atoms with Crippen molar-refractivity contribution in [1.29, 1.82) is 0 Å². The monoisotopic (exact) mass is 201 g/mol. The molecule has 1 rings (SSSR count). The van der Waals surface area contributed by atoms with Crippen LogP contribution >= 0.6 is 0 Å². The second-order valence-electron chi connectivity index (χ2n) is 3.96. The number of hydrogen-bond donors (Lipinski definition) is 1. The van der Waals surface area contributed by atoms with Crippen LogP contribution in [-0.4, -0.2) is 48.8 Å². The van der Waals surface area contributed by atoms with Crippen molar-refractivity contribution < 1.29 is 14.6 Å². The Morgan fingerprint density at radius 3 is 2.64 bits per heavy atom. The van der Waals surface area contributed by atoms with Crippen LogP contribution in [0.3, 0.4) is 0 Å². The van der Waals surface area contributed by atoms with Crippen molar-refractivity contribution in [2.75, 3.05) is 26.7 Å². The number of methoxy groups -OCH3 is 1. The van der Waals surface area contributed by atoms with Crippen LogP contribution in [0.15, 0.2) is 0 Å². The smallest absolute Gasteiger partial charge is 0.309 e. The normalized spacial score (nSPS) is 21.9. The van der Waals surface area contributed by atoms with E-state index in [-0.39, 0.29) is 18.0 Å². The number of likely N-dealkylation sites (tertiary alicyclic amines) is 1. The Labute approximate surface area is 84.8 Å². The van der Waals surface area contributed by atoms with Crippen molar-refractivity contribution in [2.45, 2.75) is 25.9 Å². The zero-order valence-corrected chi connectivity index (χ0v) is 8.90. The van der Waals surface area contributed by atoms with Gasteiger partial charge in [-0.3, -0.25) is 4.79 Å². The SMILES string of the molecule is COC(=O)C(C)CN1CCC(O)CC1. The molecule has 1 atom stereocenters. The molecule has 0 radical (unpaired) electrons. The maximum Gasteiger partial charge on any atom is 0.309 e. The molecule has 1 heterocycles. The highest BCUT2D eigenvalue weighted by atomic mass is 16.5. The van der Waals surface area contributed by atoms with E-state index in [2.05, 4.69) is 9.64 Å². The maximum absolute atomic E-state index is 11.2. The first-order valence-electron chi connectivity index (χ1n) is 5.11. The predicted octanol–water partition coefficient (Wildman–Crippen LogP) is 0.252. The number of piperidine rings is 1. The van der Waals surface area contributed by atoms with Crippen LogP contribution in [-0.2, 0) is 9.53 Å². The van der Waals surface area contributed by atoms with E-state index in [1.54, 1.807) is 0 Å². The Bertz CT molecular complexity index is 188. The summed E-state index contributed by atoms with van der Waals surface area (Å²) in [6.07, 6.45) is 1.47. The Kier molecular flexibility index (Phi) is 4.35. The van der Waals surface area contributed by atoms with Gasteiger partial charge in [-0.15, -0.1) is 0 Å². The minimum atomic E-state index is -0.156. The molecule has 0 aromatic heterocycles. The summed E-state index contributed by atoms with van der Waals surface area (Å²) in [6.45, 7) is 4.36. The topological polar surface area (TPSA) is 49.8 Å². The molecule has 4 heteroatoms. The van der Waals surface area contributed by atoms with Gasteiger partial charge >= 0.3 is 5.97 Å². The van der Waals surface area contributed by atoms with Crippen molar-refractivity contribution in [3.05, 3.63) is 0 Å². The molecular formula is C10H19NO3. The summed E-state index contributed by atoms with van der Waals surface area (Å²) >= 11 is 0.